The minimum atomic E-state index is -0.139. The summed E-state index contributed by atoms with van der Waals surface area (Å²) in [5.74, 6) is 0.715. The molecule has 0 radical (unpaired) electrons. The minimum Gasteiger partial charge on any atom is -0.390 e. The SMILES string of the molecule is OC12CCCC1C2. The molecule has 0 aromatic carbocycles. The van der Waals surface area contributed by atoms with Crippen LogP contribution < -0.4 is 0 Å². The van der Waals surface area contributed by atoms with E-state index in [1.165, 1.54) is 12.8 Å². The van der Waals surface area contributed by atoms with Crippen molar-refractivity contribution in [1.82, 2.24) is 0 Å². The van der Waals surface area contributed by atoms with Gasteiger partial charge in [0.1, 0.15) is 0 Å². The zero-order chi connectivity index (χ0) is 4.91. The van der Waals surface area contributed by atoms with Crippen LogP contribution in [0.15, 0.2) is 0 Å². The molecule has 2 unspecified atom stereocenters. The van der Waals surface area contributed by atoms with Crippen molar-refractivity contribution in [3.8, 4) is 0 Å². The van der Waals surface area contributed by atoms with Gasteiger partial charge in [0.05, 0.1) is 5.60 Å². The quantitative estimate of drug-likeness (QED) is 0.477. The van der Waals surface area contributed by atoms with Gasteiger partial charge in [-0.25, -0.2) is 0 Å². The smallest absolute Gasteiger partial charge is 0.0680 e. The molecule has 40 valence electrons. The second-order valence-electron chi connectivity index (χ2n) is 2.90. The molecule has 2 saturated carbocycles. The Bertz CT molecular complexity index is 98.4. The van der Waals surface area contributed by atoms with E-state index in [0.717, 1.165) is 12.8 Å². The molecule has 0 spiro atoms. The lowest BCUT2D eigenvalue weighted by Gasteiger charge is -1.96. The molecule has 0 bridgehead atoms. The van der Waals surface area contributed by atoms with Gasteiger partial charge in [0, 0.05) is 0 Å². The molecule has 0 saturated heterocycles. The molecule has 2 aliphatic carbocycles. The largest absolute Gasteiger partial charge is 0.390 e. The lowest BCUT2D eigenvalue weighted by atomic mass is 10.2. The summed E-state index contributed by atoms with van der Waals surface area (Å²) in [4.78, 5) is 0. The van der Waals surface area contributed by atoms with Crippen LogP contribution in [0.25, 0.3) is 0 Å². The first-order valence-corrected chi connectivity index (χ1v) is 3.04. The van der Waals surface area contributed by atoms with Crippen LogP contribution >= 0.6 is 0 Å². The minimum absolute atomic E-state index is 0.139. The summed E-state index contributed by atoms with van der Waals surface area (Å²) in [6.07, 6.45) is 4.74. The molecule has 1 nitrogen and oxygen atoms in total. The van der Waals surface area contributed by atoms with E-state index < -0.39 is 0 Å². The number of hydrogen-bond donors (Lipinski definition) is 1. The van der Waals surface area contributed by atoms with Crippen molar-refractivity contribution < 1.29 is 5.11 Å². The second kappa shape index (κ2) is 0.873. The highest BCUT2D eigenvalue weighted by Gasteiger charge is 2.55. The van der Waals surface area contributed by atoms with Gasteiger partial charge in [-0.05, 0) is 25.2 Å². The molecule has 2 atom stereocenters. The van der Waals surface area contributed by atoms with E-state index in [4.69, 9.17) is 0 Å². The predicted molar refractivity (Wildman–Crippen MR) is 26.9 cm³/mol. The molecule has 0 aromatic heterocycles. The van der Waals surface area contributed by atoms with Gasteiger partial charge in [-0.1, -0.05) is 6.42 Å². The molecule has 2 aliphatic rings. The molecule has 0 aliphatic heterocycles. The maximum Gasteiger partial charge on any atom is 0.0680 e. The van der Waals surface area contributed by atoms with E-state index in [-0.39, 0.29) is 5.60 Å². The first-order valence-electron chi connectivity index (χ1n) is 3.04. The van der Waals surface area contributed by atoms with Crippen molar-refractivity contribution in [2.45, 2.75) is 31.3 Å². The fourth-order valence-electron chi connectivity index (χ4n) is 1.70. The van der Waals surface area contributed by atoms with Crippen molar-refractivity contribution in [2.24, 2.45) is 5.92 Å². The van der Waals surface area contributed by atoms with Crippen LogP contribution in [0.1, 0.15) is 25.7 Å². The molecule has 0 aromatic rings. The highest BCUT2D eigenvalue weighted by molar-refractivity contribution is 5.07. The Hall–Kier alpha value is -0.0400. The molecular weight excluding hydrogens is 88.1 g/mol. The van der Waals surface area contributed by atoms with Crippen LogP contribution in [0, 0.1) is 5.92 Å². The number of aliphatic hydroxyl groups is 1. The van der Waals surface area contributed by atoms with Crippen molar-refractivity contribution in [3.63, 3.8) is 0 Å². The van der Waals surface area contributed by atoms with E-state index >= 15 is 0 Å². The summed E-state index contributed by atoms with van der Waals surface area (Å²) in [5.41, 5.74) is -0.139. The van der Waals surface area contributed by atoms with Crippen molar-refractivity contribution in [1.29, 1.82) is 0 Å². The summed E-state index contributed by atoms with van der Waals surface area (Å²) in [6, 6.07) is 0. The Labute approximate surface area is 43.3 Å². The van der Waals surface area contributed by atoms with Gasteiger partial charge in [-0.15, -0.1) is 0 Å². The summed E-state index contributed by atoms with van der Waals surface area (Å²) in [6.45, 7) is 0. The Balaban J connectivity index is 2.17. The Morgan fingerprint density at radius 3 is 2.57 bits per heavy atom. The summed E-state index contributed by atoms with van der Waals surface area (Å²) < 4.78 is 0. The third-order valence-electron chi connectivity index (χ3n) is 2.36. The summed E-state index contributed by atoms with van der Waals surface area (Å²) in [7, 11) is 0. The summed E-state index contributed by atoms with van der Waals surface area (Å²) >= 11 is 0. The monoisotopic (exact) mass is 98.1 g/mol. The van der Waals surface area contributed by atoms with Crippen LogP contribution in [-0.2, 0) is 0 Å². The standard InChI is InChI=1S/C6H10O/c7-6-3-1-2-5(6)4-6/h5,7H,1-4H2. The van der Waals surface area contributed by atoms with Crippen molar-refractivity contribution in [3.05, 3.63) is 0 Å². The first-order chi connectivity index (χ1) is 3.31. The average Bonchev–Trinajstić information content (AvgIpc) is 2.09. The van der Waals surface area contributed by atoms with Crippen LogP contribution in [0.5, 0.6) is 0 Å². The van der Waals surface area contributed by atoms with Gasteiger partial charge in [0.15, 0.2) is 0 Å². The van der Waals surface area contributed by atoms with Crippen LogP contribution in [0.2, 0.25) is 0 Å². The molecule has 2 rings (SSSR count). The lowest BCUT2D eigenvalue weighted by molar-refractivity contribution is 0.142. The fourth-order valence-corrected chi connectivity index (χ4v) is 1.70. The number of fused-ring (bicyclic) bond motifs is 1. The average molecular weight is 98.1 g/mol. The first kappa shape index (κ1) is 3.90. The van der Waals surface area contributed by atoms with Gasteiger partial charge in [-0.3, -0.25) is 0 Å². The number of hydrogen-bond acceptors (Lipinski definition) is 1. The highest BCUT2D eigenvalue weighted by atomic mass is 16.3. The molecular formula is C6H10O. The number of rotatable bonds is 0. The van der Waals surface area contributed by atoms with Crippen LogP contribution in [-0.4, -0.2) is 10.7 Å². The van der Waals surface area contributed by atoms with E-state index in [1.807, 2.05) is 0 Å². The molecule has 7 heavy (non-hydrogen) atoms. The zero-order valence-corrected chi connectivity index (χ0v) is 4.35. The van der Waals surface area contributed by atoms with Crippen LogP contribution in [0.4, 0.5) is 0 Å². The highest BCUT2D eigenvalue weighted by Crippen LogP contribution is 2.55. The topological polar surface area (TPSA) is 20.2 Å². The lowest BCUT2D eigenvalue weighted by Crippen LogP contribution is -2.02. The fraction of sp³-hybridized carbons (Fsp3) is 1.00. The van der Waals surface area contributed by atoms with E-state index in [2.05, 4.69) is 0 Å². The Morgan fingerprint density at radius 2 is 2.43 bits per heavy atom. The predicted octanol–water partition coefficient (Wildman–Crippen LogP) is 0.921. The van der Waals surface area contributed by atoms with E-state index in [9.17, 15) is 5.11 Å². The zero-order valence-electron chi connectivity index (χ0n) is 4.35. The normalized spacial score (nSPS) is 57.0. The Morgan fingerprint density at radius 1 is 1.57 bits per heavy atom. The molecule has 1 heteroatoms. The third-order valence-corrected chi connectivity index (χ3v) is 2.36. The van der Waals surface area contributed by atoms with Crippen molar-refractivity contribution >= 4 is 0 Å². The van der Waals surface area contributed by atoms with Gasteiger partial charge in [-0.2, -0.15) is 0 Å². The van der Waals surface area contributed by atoms with Gasteiger partial charge < -0.3 is 5.11 Å². The van der Waals surface area contributed by atoms with Crippen LogP contribution in [0.3, 0.4) is 0 Å². The van der Waals surface area contributed by atoms with Gasteiger partial charge in [0.2, 0.25) is 0 Å². The third kappa shape index (κ3) is 0.367. The Kier molecular flexibility index (Phi) is 0.487. The molecule has 1 N–H and O–H groups in total. The summed E-state index contributed by atoms with van der Waals surface area (Å²) in [5, 5.41) is 9.27. The molecule has 0 heterocycles. The van der Waals surface area contributed by atoms with E-state index in [0.29, 0.717) is 5.92 Å². The van der Waals surface area contributed by atoms with Gasteiger partial charge in [0.25, 0.3) is 0 Å². The second-order valence-corrected chi connectivity index (χ2v) is 2.90. The van der Waals surface area contributed by atoms with Gasteiger partial charge >= 0.3 is 0 Å². The molecule has 2 fully saturated rings. The maximum absolute atomic E-state index is 9.27. The van der Waals surface area contributed by atoms with Crippen molar-refractivity contribution in [2.75, 3.05) is 0 Å². The van der Waals surface area contributed by atoms with E-state index in [1.54, 1.807) is 0 Å². The molecule has 0 amide bonds. The maximum atomic E-state index is 9.27.